The molecule has 5 rings (SSSR count). The molecule has 2 atom stereocenters. The van der Waals surface area contributed by atoms with Crippen molar-refractivity contribution in [3.63, 3.8) is 0 Å². The molecule has 0 amide bonds. The summed E-state index contributed by atoms with van der Waals surface area (Å²) in [5, 5.41) is 27.6. The number of thiazole rings is 1. The second-order valence-electron chi connectivity index (χ2n) is 9.78. The van der Waals surface area contributed by atoms with Crippen molar-refractivity contribution in [1.82, 2.24) is 15.6 Å². The minimum absolute atomic E-state index is 0.00989. The number of aliphatic hydroxyl groups excluding tert-OH is 1. The molecule has 0 spiro atoms. The van der Waals surface area contributed by atoms with E-state index in [9.17, 15) is 15.0 Å². The van der Waals surface area contributed by atoms with Gasteiger partial charge in [0, 0.05) is 24.7 Å². The van der Waals surface area contributed by atoms with Gasteiger partial charge in [0.15, 0.2) is 0 Å². The second kappa shape index (κ2) is 12.4. The molecule has 6 nitrogen and oxygen atoms in total. The number of nitrogens with one attached hydrogen (secondary N) is 3. The van der Waals surface area contributed by atoms with Crippen LogP contribution in [0.15, 0.2) is 95.8 Å². The molecule has 0 saturated carbocycles. The molecule has 39 heavy (non-hydrogen) atoms. The van der Waals surface area contributed by atoms with Crippen LogP contribution in [-0.4, -0.2) is 28.3 Å². The fourth-order valence-corrected chi connectivity index (χ4v) is 5.70. The largest absolute Gasteiger partial charge is 0.506 e. The first-order valence-electron chi connectivity index (χ1n) is 13.2. The molecule has 200 valence electrons. The maximum absolute atomic E-state index is 11.7. The van der Waals surface area contributed by atoms with Gasteiger partial charge in [0.25, 0.3) is 0 Å². The molecule has 0 fully saturated rings. The molecule has 0 unspecified atom stereocenters. The SMILES string of the molecule is C[C@@H](NCc1cccc(-c2cccc(CCNC[C@H](O)c3ccc(O)c4[nH]c(=O)sc34)c2)c1)c1ccccc1. The predicted molar refractivity (Wildman–Crippen MR) is 159 cm³/mol. The van der Waals surface area contributed by atoms with Crippen molar-refractivity contribution >= 4 is 21.6 Å². The van der Waals surface area contributed by atoms with Crippen molar-refractivity contribution in [3.05, 3.63) is 123 Å². The highest BCUT2D eigenvalue weighted by molar-refractivity contribution is 7.16. The lowest BCUT2D eigenvalue weighted by Gasteiger charge is -2.15. The Morgan fingerprint density at radius 3 is 2.38 bits per heavy atom. The Balaban J connectivity index is 1.16. The molecule has 1 aromatic heterocycles. The van der Waals surface area contributed by atoms with Crippen LogP contribution in [0.1, 0.15) is 41.3 Å². The molecule has 5 N–H and O–H groups in total. The highest BCUT2D eigenvalue weighted by Crippen LogP contribution is 2.31. The summed E-state index contributed by atoms with van der Waals surface area (Å²) >= 11 is 0.998. The highest BCUT2D eigenvalue weighted by atomic mass is 32.1. The van der Waals surface area contributed by atoms with E-state index in [1.165, 1.54) is 33.9 Å². The summed E-state index contributed by atoms with van der Waals surface area (Å²) in [6, 6.07) is 31.1. The number of aromatic nitrogens is 1. The van der Waals surface area contributed by atoms with E-state index in [0.717, 1.165) is 24.3 Å². The number of phenols is 1. The van der Waals surface area contributed by atoms with Crippen molar-refractivity contribution in [2.24, 2.45) is 0 Å². The third kappa shape index (κ3) is 6.64. The third-order valence-electron chi connectivity index (χ3n) is 6.97. The molecule has 5 aromatic rings. The van der Waals surface area contributed by atoms with Gasteiger partial charge in [0.05, 0.1) is 10.8 Å². The Labute approximate surface area is 232 Å². The number of fused-ring (bicyclic) bond motifs is 1. The zero-order valence-electron chi connectivity index (χ0n) is 21.9. The maximum atomic E-state index is 11.7. The first kappa shape index (κ1) is 26.8. The van der Waals surface area contributed by atoms with E-state index in [1.54, 1.807) is 6.07 Å². The van der Waals surface area contributed by atoms with Gasteiger partial charge >= 0.3 is 4.87 Å². The van der Waals surface area contributed by atoms with Crippen LogP contribution < -0.4 is 15.5 Å². The standard InChI is InChI=1S/C32H33N3O3S/c1-21(24-9-3-2-4-10-24)34-19-23-8-6-12-26(18-23)25-11-5-7-22(17-25)15-16-33-20-29(37)27-13-14-28(36)30-31(27)39-32(38)35-30/h2-14,17-18,21,29,33-34,36-37H,15-16,19-20H2,1H3,(H,35,38)/t21-,29+/m1/s1. The fourth-order valence-electron chi connectivity index (χ4n) is 4.78. The average molecular weight is 540 g/mol. The van der Waals surface area contributed by atoms with E-state index in [1.807, 2.05) is 6.07 Å². The fraction of sp³-hybridized carbons (Fsp3) is 0.219. The van der Waals surface area contributed by atoms with Crippen molar-refractivity contribution in [2.45, 2.75) is 32.0 Å². The van der Waals surface area contributed by atoms with Gasteiger partial charge in [-0.2, -0.15) is 0 Å². The summed E-state index contributed by atoms with van der Waals surface area (Å²) in [4.78, 5) is 14.1. The van der Waals surface area contributed by atoms with E-state index in [0.29, 0.717) is 28.9 Å². The van der Waals surface area contributed by atoms with Crippen LogP contribution in [0.3, 0.4) is 0 Å². The molecule has 1 heterocycles. The lowest BCUT2D eigenvalue weighted by Crippen LogP contribution is -2.23. The molecule has 7 heteroatoms. The monoisotopic (exact) mass is 539 g/mol. The zero-order chi connectivity index (χ0) is 27.2. The van der Waals surface area contributed by atoms with E-state index >= 15 is 0 Å². The van der Waals surface area contributed by atoms with Gasteiger partial charge < -0.3 is 25.8 Å². The smallest absolute Gasteiger partial charge is 0.305 e. The minimum Gasteiger partial charge on any atom is -0.506 e. The summed E-state index contributed by atoms with van der Waals surface area (Å²) in [7, 11) is 0. The van der Waals surface area contributed by atoms with Crippen LogP contribution in [0.4, 0.5) is 0 Å². The summed E-state index contributed by atoms with van der Waals surface area (Å²) in [5.41, 5.74) is 7.12. The zero-order valence-corrected chi connectivity index (χ0v) is 22.7. The molecule has 0 aliphatic rings. The first-order chi connectivity index (χ1) is 19.0. The number of aromatic amines is 1. The van der Waals surface area contributed by atoms with Crippen LogP contribution in [0.5, 0.6) is 5.75 Å². The van der Waals surface area contributed by atoms with Crippen molar-refractivity contribution < 1.29 is 10.2 Å². The van der Waals surface area contributed by atoms with Gasteiger partial charge in [0.1, 0.15) is 11.3 Å². The van der Waals surface area contributed by atoms with Crippen LogP contribution in [0, 0.1) is 0 Å². The van der Waals surface area contributed by atoms with Crippen LogP contribution in [-0.2, 0) is 13.0 Å². The summed E-state index contributed by atoms with van der Waals surface area (Å²) in [5.74, 6) is 0.00989. The number of rotatable bonds is 11. The van der Waals surface area contributed by atoms with Gasteiger partial charge in [-0.25, -0.2) is 0 Å². The Kier molecular flexibility index (Phi) is 8.54. The van der Waals surface area contributed by atoms with E-state index in [-0.39, 0.29) is 16.7 Å². The number of hydrogen-bond donors (Lipinski definition) is 5. The van der Waals surface area contributed by atoms with Crippen molar-refractivity contribution in [3.8, 4) is 16.9 Å². The average Bonchev–Trinajstić information content (AvgIpc) is 3.37. The Morgan fingerprint density at radius 2 is 1.62 bits per heavy atom. The number of aromatic hydroxyl groups is 1. The normalized spacial score (nSPS) is 13.0. The maximum Gasteiger partial charge on any atom is 0.305 e. The quantitative estimate of drug-likeness (QED) is 0.139. The van der Waals surface area contributed by atoms with E-state index in [4.69, 9.17) is 0 Å². The summed E-state index contributed by atoms with van der Waals surface area (Å²) in [6.45, 7) is 4.03. The Hall–Kier alpha value is -3.75. The van der Waals surface area contributed by atoms with Crippen molar-refractivity contribution in [2.75, 3.05) is 13.1 Å². The van der Waals surface area contributed by atoms with Crippen LogP contribution >= 0.6 is 11.3 Å². The summed E-state index contributed by atoms with van der Waals surface area (Å²) < 4.78 is 0.592. The minimum atomic E-state index is -0.785. The number of benzene rings is 4. The molecule has 0 aliphatic heterocycles. The lowest BCUT2D eigenvalue weighted by molar-refractivity contribution is 0.176. The number of phenolic OH excluding ortho intramolecular Hbond substituents is 1. The number of hydrogen-bond acceptors (Lipinski definition) is 6. The highest BCUT2D eigenvalue weighted by Gasteiger charge is 2.16. The van der Waals surface area contributed by atoms with Gasteiger partial charge in [-0.15, -0.1) is 0 Å². The molecular formula is C32H33N3O3S. The summed E-state index contributed by atoms with van der Waals surface area (Å²) in [6.07, 6.45) is 0.0330. The Morgan fingerprint density at radius 1 is 0.897 bits per heavy atom. The van der Waals surface area contributed by atoms with Crippen molar-refractivity contribution in [1.29, 1.82) is 0 Å². The molecule has 0 aliphatic carbocycles. The second-order valence-corrected chi connectivity index (χ2v) is 10.8. The Bertz CT molecular complexity index is 1600. The molecule has 4 aromatic carbocycles. The van der Waals surface area contributed by atoms with E-state index in [2.05, 4.69) is 95.3 Å². The first-order valence-corrected chi connectivity index (χ1v) is 14.0. The molecule has 0 radical (unpaired) electrons. The van der Waals surface area contributed by atoms with Gasteiger partial charge in [-0.05, 0) is 59.8 Å². The van der Waals surface area contributed by atoms with E-state index < -0.39 is 6.10 Å². The van der Waals surface area contributed by atoms with Gasteiger partial charge in [0.2, 0.25) is 0 Å². The third-order valence-corrected chi connectivity index (χ3v) is 7.91. The lowest BCUT2D eigenvalue weighted by atomic mass is 9.99. The molecular weight excluding hydrogens is 506 g/mol. The topological polar surface area (TPSA) is 97.4 Å². The van der Waals surface area contributed by atoms with Crippen LogP contribution in [0.25, 0.3) is 21.3 Å². The van der Waals surface area contributed by atoms with Gasteiger partial charge in [-0.1, -0.05) is 90.2 Å². The number of H-pyrrole nitrogens is 1. The predicted octanol–water partition coefficient (Wildman–Crippen LogP) is 5.68. The number of aliphatic hydroxyl groups is 1. The van der Waals surface area contributed by atoms with Gasteiger partial charge in [-0.3, -0.25) is 4.79 Å². The molecule has 0 saturated heterocycles. The van der Waals surface area contributed by atoms with Crippen LogP contribution in [0.2, 0.25) is 0 Å². The molecule has 0 bridgehead atoms.